The number of rotatable bonds is 16. The molecule has 2 aromatic rings. The van der Waals surface area contributed by atoms with E-state index in [0.717, 1.165) is 25.0 Å². The molecule has 0 aromatic heterocycles. The number of carbonyl (C=O) groups excluding carboxylic acids is 3. The first kappa shape index (κ1) is 35.0. The van der Waals surface area contributed by atoms with E-state index in [0.29, 0.717) is 48.9 Å². The molecule has 8 nitrogen and oxygen atoms in total. The fraction of sp³-hybridized carbons (Fsp3) is 0.486. The van der Waals surface area contributed by atoms with Crippen LogP contribution >= 0.6 is 23.4 Å². The van der Waals surface area contributed by atoms with Gasteiger partial charge in [-0.25, -0.2) is 0 Å². The molecule has 10 heteroatoms. The molecule has 252 valence electrons. The van der Waals surface area contributed by atoms with E-state index in [1.807, 2.05) is 49.4 Å². The van der Waals surface area contributed by atoms with Crippen molar-refractivity contribution in [3.8, 4) is 5.75 Å². The summed E-state index contributed by atoms with van der Waals surface area (Å²) in [4.78, 5) is 49.4. The van der Waals surface area contributed by atoms with Gasteiger partial charge in [-0.15, -0.1) is 24.9 Å². The highest BCUT2D eigenvalue weighted by atomic mass is 35.5. The van der Waals surface area contributed by atoms with E-state index < -0.39 is 22.6 Å². The molecule has 6 atom stereocenters. The summed E-state index contributed by atoms with van der Waals surface area (Å²) < 4.78 is 4.84. The molecule has 3 saturated heterocycles. The van der Waals surface area contributed by atoms with E-state index in [1.165, 1.54) is 0 Å². The van der Waals surface area contributed by atoms with E-state index >= 15 is 0 Å². The number of para-hydroxylation sites is 1. The van der Waals surface area contributed by atoms with E-state index in [1.54, 1.807) is 44.7 Å². The minimum atomic E-state index is -0.774. The predicted molar refractivity (Wildman–Crippen MR) is 190 cm³/mol. The van der Waals surface area contributed by atoms with Crippen LogP contribution in [0.4, 0.5) is 11.4 Å². The van der Waals surface area contributed by atoms with Crippen molar-refractivity contribution in [3.05, 3.63) is 78.9 Å². The number of unbranched alkanes of at least 4 members (excludes halogenated alkanes) is 3. The van der Waals surface area contributed by atoms with Crippen molar-refractivity contribution in [2.75, 3.05) is 42.6 Å². The van der Waals surface area contributed by atoms with E-state index in [9.17, 15) is 19.5 Å². The second-order valence-electron chi connectivity index (χ2n) is 12.6. The average Bonchev–Trinajstić information content (AvgIpc) is 3.66. The van der Waals surface area contributed by atoms with Gasteiger partial charge in [0.25, 0.3) is 5.91 Å². The molecule has 47 heavy (non-hydrogen) atoms. The van der Waals surface area contributed by atoms with Gasteiger partial charge >= 0.3 is 0 Å². The number of aliphatic hydroxyl groups excluding tert-OH is 1. The van der Waals surface area contributed by atoms with Gasteiger partial charge in [-0.05, 0) is 68.5 Å². The molecule has 2 aromatic carbocycles. The second kappa shape index (κ2) is 15.3. The molecule has 0 radical (unpaired) electrons. The zero-order valence-corrected chi connectivity index (χ0v) is 28.9. The average molecular weight is 680 g/mol. The Morgan fingerprint density at radius 3 is 2.38 bits per heavy atom. The number of halogens is 1. The Balaban J connectivity index is 1.54. The number of fused-ring (bicyclic) bond motifs is 1. The number of anilines is 2. The summed E-state index contributed by atoms with van der Waals surface area (Å²) in [6.07, 6.45) is 7.15. The molecule has 3 unspecified atom stereocenters. The Morgan fingerprint density at radius 1 is 1.04 bits per heavy atom. The van der Waals surface area contributed by atoms with Gasteiger partial charge in [-0.3, -0.25) is 14.4 Å². The molecule has 1 spiro atoms. The summed E-state index contributed by atoms with van der Waals surface area (Å²) in [7, 11) is 0. The van der Waals surface area contributed by atoms with Crippen LogP contribution in [0, 0.1) is 17.8 Å². The maximum Gasteiger partial charge on any atom is 0.251 e. The van der Waals surface area contributed by atoms with Gasteiger partial charge in [0.1, 0.15) is 11.8 Å². The van der Waals surface area contributed by atoms with Crippen LogP contribution in [0.25, 0.3) is 0 Å². The number of thioether (sulfide) groups is 1. The van der Waals surface area contributed by atoms with Crippen LogP contribution in [0.15, 0.2) is 73.8 Å². The van der Waals surface area contributed by atoms with Gasteiger partial charge < -0.3 is 24.5 Å². The van der Waals surface area contributed by atoms with Gasteiger partial charge in [0.15, 0.2) is 0 Å². The number of aliphatic hydroxyl groups is 1. The minimum Gasteiger partial charge on any atom is -0.494 e. The number of nitrogens with zero attached hydrogens (tertiary/aromatic N) is 3. The lowest BCUT2D eigenvalue weighted by atomic mass is 9.65. The lowest BCUT2D eigenvalue weighted by Gasteiger charge is -2.41. The standard InChI is InChI=1S/C37H46ClN3O5S/c1-5-20-39(26-16-18-27(19-17-26)46-7-3)34(43)31-30-24-25(4)37(47-30)32(31)35(44)41(22-12-8-9-13-23-42)33(37)36(45)40(21-6-2)29-15-11-10-14-28(29)38/h5-6,10-11,14-19,25,30-33,42H,1-2,7-9,12-13,20-24H2,3-4H3/t25?,30-,31+,32+,33?,37?/m1/s1. The van der Waals surface area contributed by atoms with Crippen molar-refractivity contribution in [2.45, 2.75) is 62.0 Å². The lowest BCUT2D eigenvalue weighted by molar-refractivity contribution is -0.139. The maximum absolute atomic E-state index is 14.9. The van der Waals surface area contributed by atoms with Crippen molar-refractivity contribution in [1.82, 2.24) is 4.90 Å². The number of carbonyl (C=O) groups is 3. The smallest absolute Gasteiger partial charge is 0.251 e. The third kappa shape index (κ3) is 6.46. The van der Waals surface area contributed by atoms with Crippen LogP contribution in [-0.4, -0.2) is 76.6 Å². The molecular formula is C37H46ClN3O5S. The van der Waals surface area contributed by atoms with Gasteiger partial charge in [-0.2, -0.15) is 0 Å². The number of likely N-dealkylation sites (tertiary alicyclic amines) is 1. The van der Waals surface area contributed by atoms with Crippen LogP contribution < -0.4 is 14.5 Å². The summed E-state index contributed by atoms with van der Waals surface area (Å²) in [6.45, 7) is 13.5. The first-order valence-electron chi connectivity index (χ1n) is 16.7. The van der Waals surface area contributed by atoms with Gasteiger partial charge in [-0.1, -0.05) is 55.7 Å². The summed E-state index contributed by atoms with van der Waals surface area (Å²) >= 11 is 8.30. The summed E-state index contributed by atoms with van der Waals surface area (Å²) in [5.41, 5.74) is 1.28. The molecule has 3 fully saturated rings. The molecule has 3 amide bonds. The molecule has 3 aliphatic rings. The second-order valence-corrected chi connectivity index (χ2v) is 14.5. The van der Waals surface area contributed by atoms with Crippen LogP contribution in [0.1, 0.15) is 46.0 Å². The molecule has 1 N–H and O–H groups in total. The van der Waals surface area contributed by atoms with E-state index in [-0.39, 0.29) is 42.0 Å². The molecule has 0 saturated carbocycles. The van der Waals surface area contributed by atoms with Crippen LogP contribution in [0.3, 0.4) is 0 Å². The van der Waals surface area contributed by atoms with Gasteiger partial charge in [0, 0.05) is 37.2 Å². The quantitative estimate of drug-likeness (QED) is 0.164. The largest absolute Gasteiger partial charge is 0.494 e. The SMILES string of the molecule is C=CCN(C(=O)[C@@H]1[C@H]2C(=O)N(CCCCCCO)C(C(=O)N(CC=C)c3ccccc3Cl)C23S[C@@H]1CC3C)c1ccc(OCC)cc1. The van der Waals surface area contributed by atoms with E-state index in [4.69, 9.17) is 16.3 Å². The molecule has 3 aliphatic heterocycles. The Kier molecular flexibility index (Phi) is 11.4. The summed E-state index contributed by atoms with van der Waals surface area (Å²) in [6, 6.07) is 13.9. The number of amides is 3. The highest BCUT2D eigenvalue weighted by Gasteiger charge is 2.76. The fourth-order valence-corrected chi connectivity index (χ4v) is 10.5. The summed E-state index contributed by atoms with van der Waals surface area (Å²) in [5, 5.41) is 9.63. The summed E-state index contributed by atoms with van der Waals surface area (Å²) in [5.74, 6) is -0.942. The Morgan fingerprint density at radius 2 is 1.72 bits per heavy atom. The maximum atomic E-state index is 14.9. The third-order valence-electron chi connectivity index (χ3n) is 9.83. The van der Waals surface area contributed by atoms with E-state index in [2.05, 4.69) is 20.1 Å². The zero-order valence-electron chi connectivity index (χ0n) is 27.4. The van der Waals surface area contributed by atoms with Crippen LogP contribution in [-0.2, 0) is 14.4 Å². The number of ether oxygens (including phenoxy) is 1. The minimum absolute atomic E-state index is 0.0268. The van der Waals surface area contributed by atoms with Crippen LogP contribution in [0.2, 0.25) is 5.02 Å². The first-order chi connectivity index (χ1) is 22.7. The molecular weight excluding hydrogens is 634 g/mol. The first-order valence-corrected chi connectivity index (χ1v) is 17.9. The molecule has 5 rings (SSSR count). The van der Waals surface area contributed by atoms with Crippen molar-refractivity contribution < 1.29 is 24.2 Å². The van der Waals surface area contributed by atoms with Crippen molar-refractivity contribution in [3.63, 3.8) is 0 Å². The fourth-order valence-electron chi connectivity index (χ4n) is 7.84. The number of hydrogen-bond acceptors (Lipinski definition) is 6. The molecule has 0 aliphatic carbocycles. The monoisotopic (exact) mass is 679 g/mol. The Bertz CT molecular complexity index is 1470. The third-order valence-corrected chi connectivity index (χ3v) is 12.2. The Labute approximate surface area is 287 Å². The van der Waals surface area contributed by atoms with Gasteiger partial charge in [0.05, 0.1) is 33.9 Å². The molecule has 3 heterocycles. The Hall–Kier alpha value is -3.27. The highest BCUT2D eigenvalue weighted by Crippen LogP contribution is 2.69. The predicted octanol–water partition coefficient (Wildman–Crippen LogP) is 6.37. The van der Waals surface area contributed by atoms with Crippen molar-refractivity contribution in [1.29, 1.82) is 0 Å². The molecule has 2 bridgehead atoms. The highest BCUT2D eigenvalue weighted by molar-refractivity contribution is 8.02. The van der Waals surface area contributed by atoms with Crippen LogP contribution in [0.5, 0.6) is 5.75 Å². The van der Waals surface area contributed by atoms with Crippen molar-refractivity contribution in [2.24, 2.45) is 17.8 Å². The lowest BCUT2D eigenvalue weighted by Crippen LogP contribution is -2.57. The topological polar surface area (TPSA) is 90.4 Å². The number of benzene rings is 2. The zero-order chi connectivity index (χ0) is 33.7. The number of hydrogen-bond donors (Lipinski definition) is 1. The van der Waals surface area contributed by atoms with Crippen molar-refractivity contribution >= 4 is 52.5 Å². The normalized spacial score (nSPS) is 25.8. The van der Waals surface area contributed by atoms with Gasteiger partial charge in [0.2, 0.25) is 11.8 Å².